The summed E-state index contributed by atoms with van der Waals surface area (Å²) in [6.45, 7) is 12.3. The predicted octanol–water partition coefficient (Wildman–Crippen LogP) is 11.4. The maximum absolute atomic E-state index is 8.36. The first kappa shape index (κ1) is 31.2. The van der Waals surface area contributed by atoms with Crippen molar-refractivity contribution < 1.29 is 27.6 Å². The van der Waals surface area contributed by atoms with Crippen LogP contribution in [-0.2, 0) is 31.9 Å². The van der Waals surface area contributed by atoms with Crippen LogP contribution in [0.2, 0.25) is 0 Å². The van der Waals surface area contributed by atoms with Crippen molar-refractivity contribution in [2.75, 3.05) is 0 Å². The van der Waals surface area contributed by atoms with E-state index in [4.69, 9.17) is 7.48 Å². The molecule has 0 unspecified atom stereocenters. The Morgan fingerprint density at radius 1 is 0.702 bits per heavy atom. The summed E-state index contributed by atoms with van der Waals surface area (Å²) in [6, 6.07) is 42.8. The summed E-state index contributed by atoms with van der Waals surface area (Å²) in [5.74, 6) is 1.68. The van der Waals surface area contributed by atoms with E-state index in [1.807, 2.05) is 93.7 Å². The number of hydrogen-bond acceptors (Lipinski definition) is 3. The van der Waals surface area contributed by atoms with Gasteiger partial charge in [-0.15, -0.1) is 59.7 Å². The Balaban J connectivity index is 0.000000188. The molecule has 47 heavy (non-hydrogen) atoms. The summed E-state index contributed by atoms with van der Waals surface area (Å²) < 4.78 is 23.0. The molecule has 0 fully saturated rings. The van der Waals surface area contributed by atoms with Crippen LogP contribution in [0.1, 0.15) is 55.4 Å². The minimum absolute atomic E-state index is 0. The fraction of sp³-hybridized carbons (Fsp3) is 0.209. The van der Waals surface area contributed by atoms with Crippen molar-refractivity contribution in [2.45, 2.75) is 53.3 Å². The Morgan fingerprint density at radius 2 is 1.51 bits per heavy atom. The molecule has 0 bridgehead atoms. The van der Waals surface area contributed by atoms with Crippen molar-refractivity contribution in [1.29, 1.82) is 0 Å². The van der Waals surface area contributed by atoms with Crippen LogP contribution in [0.25, 0.3) is 44.8 Å². The average molecular weight is 795 g/mol. The van der Waals surface area contributed by atoms with Gasteiger partial charge in [-0.2, -0.15) is 0 Å². The number of fused-ring (bicyclic) bond motifs is 5. The van der Waals surface area contributed by atoms with E-state index < -0.39 is 11.8 Å². The molecule has 1 radical (unpaired) electrons. The van der Waals surface area contributed by atoms with Crippen LogP contribution in [0.3, 0.4) is 0 Å². The number of rotatable bonds is 3. The molecule has 0 atom stereocenters. The molecule has 0 N–H and O–H groups in total. The summed E-state index contributed by atoms with van der Waals surface area (Å²) in [4.78, 5) is 9.07. The van der Waals surface area contributed by atoms with Gasteiger partial charge in [-0.05, 0) is 63.0 Å². The second kappa shape index (κ2) is 14.2. The average Bonchev–Trinajstić information content (AvgIpc) is 3.22. The van der Waals surface area contributed by atoms with E-state index in [0.29, 0.717) is 5.56 Å². The van der Waals surface area contributed by atoms with E-state index in [9.17, 15) is 0 Å². The summed E-state index contributed by atoms with van der Waals surface area (Å²) in [6.07, 6.45) is 2.02. The summed E-state index contributed by atoms with van der Waals surface area (Å²) in [7, 11) is 0. The van der Waals surface area contributed by atoms with E-state index >= 15 is 0 Å². The fourth-order valence-electron chi connectivity index (χ4n) is 5.41. The second-order valence-electron chi connectivity index (χ2n) is 13.5. The Bertz CT molecular complexity index is 2050. The maximum Gasteiger partial charge on any atom is 0.121 e. The van der Waals surface area contributed by atoms with Crippen LogP contribution >= 0.6 is 0 Å². The zero-order chi connectivity index (χ0) is 34.1. The molecular formula is C43H40IrN2O-2. The van der Waals surface area contributed by atoms with Gasteiger partial charge in [0.15, 0.2) is 0 Å². The van der Waals surface area contributed by atoms with Gasteiger partial charge >= 0.3 is 0 Å². The van der Waals surface area contributed by atoms with Crippen LogP contribution in [0.15, 0.2) is 122 Å². The number of ether oxygens (including phenoxy) is 1. The van der Waals surface area contributed by atoms with Crippen molar-refractivity contribution in [2.24, 2.45) is 5.41 Å². The van der Waals surface area contributed by atoms with Crippen LogP contribution in [0, 0.1) is 17.5 Å². The van der Waals surface area contributed by atoms with E-state index in [-0.39, 0.29) is 25.5 Å². The molecule has 0 amide bonds. The second-order valence-corrected chi connectivity index (χ2v) is 13.5. The van der Waals surface area contributed by atoms with Crippen molar-refractivity contribution >= 4 is 0 Å². The van der Waals surface area contributed by atoms with E-state index in [0.717, 1.165) is 56.3 Å². The Hall–Kier alpha value is -4.37. The SMILES string of the molecule is CC(C)(C)c1ccc2c(c1)Oc1ccc[c-]c1-c1ncccc1-2.[2H]C([2H])(c1ccc(-c2[c-]ccc(-c3ccccc3)c2)nc1)C(C)(C)C.[Ir]. The van der Waals surface area contributed by atoms with Gasteiger partial charge < -0.3 is 14.7 Å². The molecule has 0 saturated heterocycles. The predicted molar refractivity (Wildman–Crippen MR) is 190 cm³/mol. The van der Waals surface area contributed by atoms with Gasteiger partial charge in [0.2, 0.25) is 0 Å². The molecule has 2 aromatic heterocycles. The third-order valence-corrected chi connectivity index (χ3v) is 7.69. The molecule has 239 valence electrons. The summed E-state index contributed by atoms with van der Waals surface area (Å²) in [5.41, 5.74) is 9.41. The Labute approximate surface area is 296 Å². The Kier molecular flexibility index (Phi) is 9.42. The third kappa shape index (κ3) is 8.14. The molecule has 3 nitrogen and oxygen atoms in total. The molecule has 1 aliphatic heterocycles. The summed E-state index contributed by atoms with van der Waals surface area (Å²) in [5, 5.41) is 0. The van der Waals surface area contributed by atoms with Crippen molar-refractivity contribution in [3.05, 3.63) is 145 Å². The smallest absolute Gasteiger partial charge is 0.121 e. The molecule has 1 aliphatic rings. The minimum Gasteiger partial charge on any atom is -0.501 e. The molecule has 0 saturated carbocycles. The van der Waals surface area contributed by atoms with Gasteiger partial charge in [-0.3, -0.25) is 0 Å². The molecule has 4 heteroatoms. The van der Waals surface area contributed by atoms with Gasteiger partial charge in [-0.25, -0.2) is 0 Å². The standard InChI is InChI=1S/C22H22N.C21H18NO.Ir/c1-22(2,3)15-17-12-13-21(23-16-17)20-11-7-10-19(14-20)18-8-5-4-6-9-18;1-21(2,3)14-10-11-15-16-8-6-12-22-20(16)17-7-4-5-9-18(17)23-19(15)13-14;/h4-10,12-14,16H,15H2,1-3H3;4-6,8-13H,1-3H3;/q2*-1;/i15D2;;. The van der Waals surface area contributed by atoms with Crippen molar-refractivity contribution in [3.8, 4) is 56.3 Å². The number of benzene rings is 4. The van der Waals surface area contributed by atoms with Gasteiger partial charge in [0, 0.05) is 46.6 Å². The molecular weight excluding hydrogens is 753 g/mol. The van der Waals surface area contributed by atoms with Crippen molar-refractivity contribution in [3.63, 3.8) is 0 Å². The molecule has 0 spiro atoms. The van der Waals surface area contributed by atoms with Crippen molar-refractivity contribution in [1.82, 2.24) is 9.97 Å². The van der Waals surface area contributed by atoms with E-state index in [1.54, 1.807) is 6.20 Å². The first-order chi connectivity index (χ1) is 22.8. The normalized spacial score (nSPS) is 12.6. The Morgan fingerprint density at radius 3 is 2.23 bits per heavy atom. The van der Waals surface area contributed by atoms with E-state index in [2.05, 4.69) is 85.3 Å². The first-order valence-electron chi connectivity index (χ1n) is 16.7. The van der Waals surface area contributed by atoms with Gasteiger partial charge in [0.1, 0.15) is 5.75 Å². The molecule has 0 aliphatic carbocycles. The molecule has 7 rings (SSSR count). The zero-order valence-electron chi connectivity index (χ0n) is 29.7. The van der Waals surface area contributed by atoms with E-state index in [1.165, 1.54) is 5.56 Å². The number of aromatic nitrogens is 2. The maximum atomic E-state index is 8.36. The molecule has 6 aromatic rings. The number of pyridine rings is 2. The molecule has 4 aromatic carbocycles. The third-order valence-electron chi connectivity index (χ3n) is 7.69. The van der Waals surface area contributed by atoms with Gasteiger partial charge in [0.05, 0.1) is 0 Å². The van der Waals surface area contributed by atoms with Gasteiger partial charge in [0.25, 0.3) is 0 Å². The minimum atomic E-state index is -1.44. The van der Waals surface area contributed by atoms with Crippen LogP contribution in [0.5, 0.6) is 11.5 Å². The van der Waals surface area contributed by atoms with Crippen LogP contribution < -0.4 is 4.74 Å². The monoisotopic (exact) mass is 795 g/mol. The van der Waals surface area contributed by atoms with Crippen LogP contribution in [0.4, 0.5) is 0 Å². The fourth-order valence-corrected chi connectivity index (χ4v) is 5.41. The number of nitrogens with zero attached hydrogens (tertiary/aromatic N) is 2. The number of hydrogen-bond donors (Lipinski definition) is 0. The summed E-state index contributed by atoms with van der Waals surface area (Å²) >= 11 is 0. The first-order valence-corrected chi connectivity index (χ1v) is 15.7. The zero-order valence-corrected chi connectivity index (χ0v) is 30.1. The molecule has 3 heterocycles. The quantitative estimate of drug-likeness (QED) is 0.167. The largest absolute Gasteiger partial charge is 0.501 e. The van der Waals surface area contributed by atoms with Gasteiger partial charge in [-0.1, -0.05) is 108 Å². The van der Waals surface area contributed by atoms with Crippen LogP contribution in [-0.4, -0.2) is 9.97 Å². The topological polar surface area (TPSA) is 35.0 Å².